The molecule has 1 saturated heterocycles. The number of phenolic OH excluding ortho intramolecular Hbond substituents is 1. The average Bonchev–Trinajstić information content (AvgIpc) is 3.64. The van der Waals surface area contributed by atoms with Crippen molar-refractivity contribution in [1.82, 2.24) is 29.8 Å². The van der Waals surface area contributed by atoms with Crippen molar-refractivity contribution in [3.8, 4) is 23.0 Å². The molecule has 42 heavy (non-hydrogen) atoms. The summed E-state index contributed by atoms with van der Waals surface area (Å²) in [4.78, 5) is 38.1. The van der Waals surface area contributed by atoms with Gasteiger partial charge >= 0.3 is 0 Å². The molecule has 0 atom stereocenters. The Morgan fingerprint density at radius 2 is 1.95 bits per heavy atom. The van der Waals surface area contributed by atoms with Gasteiger partial charge in [0.15, 0.2) is 5.82 Å². The Morgan fingerprint density at radius 1 is 1.17 bits per heavy atom. The van der Waals surface area contributed by atoms with Crippen LogP contribution in [0.25, 0.3) is 16.2 Å². The first-order chi connectivity index (χ1) is 20.5. The molecule has 4 heterocycles. The molecule has 10 nitrogen and oxygen atoms in total. The number of carbonyl (C=O) groups is 2. The van der Waals surface area contributed by atoms with E-state index in [0.29, 0.717) is 55.5 Å². The molecule has 0 bridgehead atoms. The van der Waals surface area contributed by atoms with Gasteiger partial charge in [0.25, 0.3) is 11.8 Å². The predicted octanol–water partition coefficient (Wildman–Crippen LogP) is 5.44. The van der Waals surface area contributed by atoms with Crippen LogP contribution in [-0.2, 0) is 0 Å². The van der Waals surface area contributed by atoms with Crippen molar-refractivity contribution >= 4 is 28.0 Å². The minimum Gasteiger partial charge on any atom is -0.507 e. The molecule has 11 heteroatoms. The summed E-state index contributed by atoms with van der Waals surface area (Å²) in [6.45, 7) is 6.68. The number of aromatic nitrogens is 4. The first kappa shape index (κ1) is 29.5. The molecule has 0 saturated carbocycles. The molecule has 1 aliphatic heterocycles. The number of fused-ring (bicyclic) bond motifs is 1. The van der Waals surface area contributed by atoms with E-state index in [9.17, 15) is 14.7 Å². The molecule has 0 spiro atoms. The van der Waals surface area contributed by atoms with Gasteiger partial charge in [0.05, 0.1) is 23.9 Å². The van der Waals surface area contributed by atoms with Crippen molar-refractivity contribution in [2.75, 3.05) is 26.2 Å². The minimum atomic E-state index is -0.267. The lowest BCUT2D eigenvalue weighted by atomic mass is 9.92. The lowest BCUT2D eigenvalue weighted by molar-refractivity contribution is 0.0678. The third-order valence-electron chi connectivity index (χ3n) is 8.04. The normalized spacial score (nSPS) is 14.0. The number of piperidine rings is 1. The topological polar surface area (TPSA) is 122 Å². The third-order valence-corrected chi connectivity index (χ3v) is 8.93. The first-order valence-corrected chi connectivity index (χ1v) is 15.6. The van der Waals surface area contributed by atoms with Gasteiger partial charge < -0.3 is 20.1 Å². The van der Waals surface area contributed by atoms with E-state index in [1.165, 1.54) is 6.07 Å². The molecule has 2 amide bonds. The van der Waals surface area contributed by atoms with Gasteiger partial charge in [-0.05, 0) is 49.7 Å². The summed E-state index contributed by atoms with van der Waals surface area (Å²) in [6.07, 6.45) is 9.24. The van der Waals surface area contributed by atoms with Crippen molar-refractivity contribution in [2.24, 2.45) is 11.8 Å². The van der Waals surface area contributed by atoms with Crippen LogP contribution in [0, 0.1) is 11.8 Å². The predicted molar refractivity (Wildman–Crippen MR) is 162 cm³/mol. The van der Waals surface area contributed by atoms with E-state index in [1.54, 1.807) is 46.3 Å². The maximum absolute atomic E-state index is 13.6. The number of nitrogens with zero attached hydrogens (tertiary/aromatic N) is 5. The maximum atomic E-state index is 13.6. The summed E-state index contributed by atoms with van der Waals surface area (Å²) in [5, 5.41) is 19.1. The summed E-state index contributed by atoms with van der Waals surface area (Å²) < 4.78 is 7.88. The zero-order valence-corrected chi connectivity index (χ0v) is 25.0. The van der Waals surface area contributed by atoms with E-state index in [0.717, 1.165) is 48.9 Å². The number of phenols is 1. The number of rotatable bonds is 12. The van der Waals surface area contributed by atoms with Crippen molar-refractivity contribution in [3.63, 3.8) is 0 Å². The highest BCUT2D eigenvalue weighted by Crippen LogP contribution is 2.29. The Labute approximate surface area is 249 Å². The first-order valence-electron chi connectivity index (χ1n) is 14.7. The van der Waals surface area contributed by atoms with Crippen molar-refractivity contribution in [1.29, 1.82) is 0 Å². The lowest BCUT2D eigenvalue weighted by Crippen LogP contribution is -2.39. The highest BCUT2D eigenvalue weighted by atomic mass is 32.1. The fourth-order valence-electron chi connectivity index (χ4n) is 5.28. The van der Waals surface area contributed by atoms with Crippen LogP contribution in [-0.4, -0.2) is 67.6 Å². The largest absolute Gasteiger partial charge is 0.507 e. The summed E-state index contributed by atoms with van der Waals surface area (Å²) >= 11 is 1.55. The molecule has 1 aromatic carbocycles. The number of nitrogens with one attached hydrogen (secondary N) is 1. The zero-order chi connectivity index (χ0) is 29.5. The molecule has 5 rings (SSSR count). The second-order valence-corrected chi connectivity index (χ2v) is 11.7. The maximum Gasteiger partial charge on any atom is 0.272 e. The number of hydrogen-bond donors (Lipinski definition) is 2. The molecule has 0 aliphatic carbocycles. The molecule has 3 aromatic heterocycles. The van der Waals surface area contributed by atoms with Crippen molar-refractivity contribution in [3.05, 3.63) is 59.4 Å². The average molecular weight is 591 g/mol. The molecule has 0 radical (unpaired) electrons. The molecular weight excluding hydrogens is 552 g/mol. The fraction of sp³-hybridized carbons (Fsp3) is 0.452. The third kappa shape index (κ3) is 6.89. The Kier molecular flexibility index (Phi) is 9.68. The Balaban J connectivity index is 1.19. The summed E-state index contributed by atoms with van der Waals surface area (Å²) in [5.41, 5.74) is 1.40. The van der Waals surface area contributed by atoms with E-state index < -0.39 is 0 Å². The van der Waals surface area contributed by atoms with Crippen molar-refractivity contribution < 1.29 is 19.4 Å². The number of amides is 2. The van der Waals surface area contributed by atoms with Crippen LogP contribution in [0.5, 0.6) is 11.6 Å². The highest BCUT2D eigenvalue weighted by molar-refractivity contribution is 7.16. The minimum absolute atomic E-state index is 0.0160. The van der Waals surface area contributed by atoms with E-state index >= 15 is 0 Å². The number of hydrogen-bond acceptors (Lipinski definition) is 8. The fourth-order valence-corrected chi connectivity index (χ4v) is 6.07. The number of benzene rings is 1. The van der Waals surface area contributed by atoms with E-state index in [1.807, 2.05) is 16.5 Å². The smallest absolute Gasteiger partial charge is 0.272 e. The number of carbonyl (C=O) groups excluding carboxylic acids is 2. The van der Waals surface area contributed by atoms with Crippen LogP contribution in [0.4, 0.5) is 0 Å². The molecular formula is C31H38N6O4S. The number of thiazole rings is 1. The van der Waals surface area contributed by atoms with Gasteiger partial charge in [-0.25, -0.2) is 9.50 Å². The summed E-state index contributed by atoms with van der Waals surface area (Å²) in [7, 11) is 0. The van der Waals surface area contributed by atoms with Gasteiger partial charge in [-0.2, -0.15) is 10.1 Å². The monoisotopic (exact) mass is 590 g/mol. The standard InChI is InChI=1S/C31H38N6O4S/c1-3-21(4-2)20-41-27-18-25(34-28(35-27)24-19-33-37-16-17-42-31(24)37)30(40)36-14-11-22(12-15-36)8-7-13-32-29(39)23-9-5-6-10-26(23)38/h5-6,9-10,16-19,21-22,38H,3-4,7-8,11-15,20H2,1-2H3,(H,32,39). The second-order valence-electron chi connectivity index (χ2n) is 10.8. The van der Waals surface area contributed by atoms with E-state index in [4.69, 9.17) is 4.74 Å². The van der Waals surface area contributed by atoms with Gasteiger partial charge in [-0.15, -0.1) is 11.3 Å². The summed E-state index contributed by atoms with van der Waals surface area (Å²) in [6, 6.07) is 8.21. The van der Waals surface area contributed by atoms with Crippen LogP contribution in [0.2, 0.25) is 0 Å². The van der Waals surface area contributed by atoms with Gasteiger partial charge in [0.1, 0.15) is 16.3 Å². The van der Waals surface area contributed by atoms with Gasteiger partial charge in [-0.3, -0.25) is 9.59 Å². The molecule has 222 valence electrons. The molecule has 4 aromatic rings. The number of aromatic hydroxyl groups is 1. The van der Waals surface area contributed by atoms with Crippen LogP contribution in [0.15, 0.2) is 48.1 Å². The SMILES string of the molecule is CCC(CC)COc1cc(C(=O)N2CCC(CCCNC(=O)c3ccccc3O)CC2)nc(-c2cnn3ccsc23)n1. The zero-order valence-electron chi connectivity index (χ0n) is 24.2. The summed E-state index contributed by atoms with van der Waals surface area (Å²) in [5.74, 6) is 1.35. The highest BCUT2D eigenvalue weighted by Gasteiger charge is 2.26. The Morgan fingerprint density at radius 3 is 2.71 bits per heavy atom. The number of ether oxygens (including phenoxy) is 1. The van der Waals surface area contributed by atoms with Crippen LogP contribution in [0.3, 0.4) is 0 Å². The van der Waals surface area contributed by atoms with Gasteiger partial charge in [-0.1, -0.05) is 38.8 Å². The molecule has 1 fully saturated rings. The molecule has 2 N–H and O–H groups in total. The van der Waals surface area contributed by atoms with Crippen LogP contribution in [0.1, 0.15) is 73.2 Å². The second kappa shape index (κ2) is 13.8. The Hall–Kier alpha value is -3.99. The van der Waals surface area contributed by atoms with Gasteiger partial charge in [0, 0.05) is 37.3 Å². The van der Waals surface area contributed by atoms with Gasteiger partial charge in [0.2, 0.25) is 5.88 Å². The quantitative estimate of drug-likeness (QED) is 0.211. The van der Waals surface area contributed by atoms with Crippen molar-refractivity contribution in [2.45, 2.75) is 52.4 Å². The number of para-hydroxylation sites is 1. The van der Waals surface area contributed by atoms with E-state index in [2.05, 4.69) is 34.2 Å². The van der Waals surface area contributed by atoms with Crippen LogP contribution >= 0.6 is 11.3 Å². The Bertz CT molecular complexity index is 1510. The molecule has 1 aliphatic rings. The van der Waals surface area contributed by atoms with E-state index in [-0.39, 0.29) is 23.1 Å². The lowest BCUT2D eigenvalue weighted by Gasteiger charge is -2.32. The molecule has 0 unspecified atom stereocenters. The van der Waals surface area contributed by atoms with Crippen LogP contribution < -0.4 is 10.1 Å². The number of likely N-dealkylation sites (tertiary alicyclic amines) is 1.